The molecule has 0 spiro atoms. The minimum absolute atomic E-state index is 0.222. The Balaban J connectivity index is 2.19. The highest BCUT2D eigenvalue weighted by Gasteiger charge is 2.17. The molecule has 1 aliphatic heterocycles. The minimum Gasteiger partial charge on any atom is -0.314 e. The Bertz CT molecular complexity index is 110. The lowest BCUT2D eigenvalue weighted by Crippen LogP contribution is -2.19. The molecule has 1 fully saturated rings. The quantitative estimate of drug-likeness (QED) is 0.408. The molecule has 5 heteroatoms. The summed E-state index contributed by atoms with van der Waals surface area (Å²) in [6.07, 6.45) is 0.515. The molecule has 1 aliphatic rings. The molecule has 0 radical (unpaired) electrons. The van der Waals surface area contributed by atoms with E-state index in [2.05, 4.69) is 10.2 Å². The van der Waals surface area contributed by atoms with Crippen molar-refractivity contribution >= 4 is 0 Å². The number of nitrogens with zero attached hydrogens (tertiary/aromatic N) is 1. The van der Waals surface area contributed by atoms with E-state index in [4.69, 9.17) is 0 Å². The Morgan fingerprint density at radius 1 is 1.78 bits per heavy atom. The van der Waals surface area contributed by atoms with Crippen molar-refractivity contribution in [1.82, 2.24) is 5.32 Å². The molecule has 0 aromatic heterocycles. The predicted octanol–water partition coefficient (Wildman–Crippen LogP) is -0.443. The summed E-state index contributed by atoms with van der Waals surface area (Å²) >= 11 is 0. The van der Waals surface area contributed by atoms with Crippen LogP contribution >= 0.6 is 0 Å². The van der Waals surface area contributed by atoms with Crippen LogP contribution in [0.1, 0.15) is 6.42 Å². The van der Waals surface area contributed by atoms with Crippen LogP contribution in [-0.4, -0.2) is 24.3 Å². The lowest BCUT2D eigenvalue weighted by atomic mass is 10.3. The number of nitrogens with one attached hydrogen (secondary N) is 1. The van der Waals surface area contributed by atoms with E-state index in [1.807, 2.05) is 0 Å². The Morgan fingerprint density at radius 2 is 2.56 bits per heavy atom. The molecule has 1 heterocycles. The van der Waals surface area contributed by atoms with Crippen molar-refractivity contribution in [1.29, 1.82) is 0 Å². The molecule has 1 rings (SSSR count). The van der Waals surface area contributed by atoms with Crippen molar-refractivity contribution in [2.45, 2.75) is 12.5 Å². The van der Waals surface area contributed by atoms with Gasteiger partial charge in [0.1, 0.15) is 6.10 Å². The molecule has 0 saturated carbocycles. The van der Waals surface area contributed by atoms with Gasteiger partial charge < -0.3 is 10.2 Å². The van der Waals surface area contributed by atoms with Crippen molar-refractivity contribution < 1.29 is 9.92 Å². The summed E-state index contributed by atoms with van der Waals surface area (Å²) in [5.41, 5.74) is 0. The first kappa shape index (κ1) is 6.28. The van der Waals surface area contributed by atoms with Crippen LogP contribution in [0, 0.1) is 10.1 Å². The third-order valence-electron chi connectivity index (χ3n) is 1.25. The van der Waals surface area contributed by atoms with Crippen LogP contribution in [0.3, 0.4) is 0 Å². The van der Waals surface area contributed by atoms with Crippen LogP contribution < -0.4 is 5.32 Å². The molecule has 1 atom stereocenters. The monoisotopic (exact) mass is 132 g/mol. The van der Waals surface area contributed by atoms with Gasteiger partial charge in [0.25, 0.3) is 5.09 Å². The fourth-order valence-electron chi connectivity index (χ4n) is 0.840. The summed E-state index contributed by atoms with van der Waals surface area (Å²) in [7, 11) is 0. The van der Waals surface area contributed by atoms with Crippen LogP contribution in [0.25, 0.3) is 0 Å². The van der Waals surface area contributed by atoms with Gasteiger partial charge in [-0.3, -0.25) is 0 Å². The van der Waals surface area contributed by atoms with Gasteiger partial charge in [-0.05, 0) is 13.0 Å². The molecule has 5 nitrogen and oxygen atoms in total. The summed E-state index contributed by atoms with van der Waals surface area (Å²) in [5.74, 6) is 0. The van der Waals surface area contributed by atoms with Gasteiger partial charge in [0.2, 0.25) is 0 Å². The van der Waals surface area contributed by atoms with Crippen LogP contribution in [0.5, 0.6) is 0 Å². The molecule has 0 bridgehead atoms. The zero-order valence-electron chi connectivity index (χ0n) is 4.87. The Morgan fingerprint density at radius 3 is 3.00 bits per heavy atom. The minimum atomic E-state index is -0.738. The molecule has 0 amide bonds. The fraction of sp³-hybridized carbons (Fsp3) is 1.00. The zero-order valence-corrected chi connectivity index (χ0v) is 4.87. The SMILES string of the molecule is O=[N+]([O-])OC1CCNC1. The second kappa shape index (κ2) is 2.63. The van der Waals surface area contributed by atoms with Crippen LogP contribution in [0.15, 0.2) is 0 Å². The smallest absolute Gasteiger partial charge is 0.294 e. The molecule has 1 N–H and O–H groups in total. The summed E-state index contributed by atoms with van der Waals surface area (Å²) in [6, 6.07) is 0. The van der Waals surface area contributed by atoms with Gasteiger partial charge in [-0.2, -0.15) is 0 Å². The molecule has 52 valence electrons. The average molecular weight is 132 g/mol. The first-order chi connectivity index (χ1) is 4.29. The van der Waals surface area contributed by atoms with Gasteiger partial charge in [0.05, 0.1) is 0 Å². The molecular formula is C4H8N2O3. The molecule has 1 saturated heterocycles. The molecular weight excluding hydrogens is 124 g/mol. The van der Waals surface area contributed by atoms with Gasteiger partial charge in [-0.25, -0.2) is 0 Å². The first-order valence-corrected chi connectivity index (χ1v) is 2.81. The highest BCUT2D eigenvalue weighted by Crippen LogP contribution is 2.01. The normalized spacial score (nSPS) is 26.0. The molecule has 0 aromatic carbocycles. The summed E-state index contributed by atoms with van der Waals surface area (Å²) < 4.78 is 0. The molecule has 0 aliphatic carbocycles. The maximum Gasteiger partial charge on any atom is 0.294 e. The van der Waals surface area contributed by atoms with E-state index in [1.54, 1.807) is 0 Å². The van der Waals surface area contributed by atoms with E-state index in [9.17, 15) is 10.1 Å². The van der Waals surface area contributed by atoms with Gasteiger partial charge in [-0.15, -0.1) is 10.1 Å². The second-order valence-electron chi connectivity index (χ2n) is 1.94. The van der Waals surface area contributed by atoms with E-state index >= 15 is 0 Å². The topological polar surface area (TPSA) is 64.4 Å². The molecule has 1 unspecified atom stereocenters. The lowest BCUT2D eigenvalue weighted by Gasteiger charge is -2.02. The van der Waals surface area contributed by atoms with Gasteiger partial charge in [-0.1, -0.05) is 0 Å². The van der Waals surface area contributed by atoms with Crippen LogP contribution in [0.2, 0.25) is 0 Å². The van der Waals surface area contributed by atoms with Crippen molar-refractivity contribution in [3.63, 3.8) is 0 Å². The second-order valence-corrected chi connectivity index (χ2v) is 1.94. The van der Waals surface area contributed by atoms with Crippen LogP contribution in [0.4, 0.5) is 0 Å². The summed E-state index contributed by atoms with van der Waals surface area (Å²) in [5, 5.41) is 11.9. The lowest BCUT2D eigenvalue weighted by molar-refractivity contribution is -0.767. The molecule has 9 heavy (non-hydrogen) atoms. The molecule has 0 aromatic rings. The maximum absolute atomic E-state index is 9.71. The summed E-state index contributed by atoms with van der Waals surface area (Å²) in [6.45, 7) is 1.42. The van der Waals surface area contributed by atoms with Crippen molar-refractivity contribution in [2.24, 2.45) is 0 Å². The third-order valence-corrected chi connectivity index (χ3v) is 1.25. The van der Waals surface area contributed by atoms with E-state index in [-0.39, 0.29) is 6.10 Å². The van der Waals surface area contributed by atoms with E-state index in [0.29, 0.717) is 6.54 Å². The van der Waals surface area contributed by atoms with Crippen molar-refractivity contribution in [2.75, 3.05) is 13.1 Å². The highest BCUT2D eigenvalue weighted by molar-refractivity contribution is 4.68. The van der Waals surface area contributed by atoms with Gasteiger partial charge in [0.15, 0.2) is 0 Å². The van der Waals surface area contributed by atoms with E-state index < -0.39 is 5.09 Å². The Hall–Kier alpha value is -0.840. The van der Waals surface area contributed by atoms with Crippen molar-refractivity contribution in [3.05, 3.63) is 10.1 Å². The average Bonchev–Trinajstić information content (AvgIpc) is 2.15. The van der Waals surface area contributed by atoms with Crippen molar-refractivity contribution in [3.8, 4) is 0 Å². The zero-order chi connectivity index (χ0) is 6.69. The van der Waals surface area contributed by atoms with E-state index in [0.717, 1.165) is 13.0 Å². The standard InChI is InChI=1S/C4H8N2O3/c7-6(8)9-4-1-2-5-3-4/h4-5H,1-3H2. The van der Waals surface area contributed by atoms with E-state index in [1.165, 1.54) is 0 Å². The predicted molar refractivity (Wildman–Crippen MR) is 29.4 cm³/mol. The number of hydrogen-bond donors (Lipinski definition) is 1. The Kier molecular flexibility index (Phi) is 1.84. The van der Waals surface area contributed by atoms with Gasteiger partial charge >= 0.3 is 0 Å². The van der Waals surface area contributed by atoms with Gasteiger partial charge in [0, 0.05) is 6.54 Å². The fourth-order valence-corrected chi connectivity index (χ4v) is 0.840. The number of hydrogen-bond acceptors (Lipinski definition) is 4. The third kappa shape index (κ3) is 1.85. The first-order valence-electron chi connectivity index (χ1n) is 2.81. The number of rotatable bonds is 2. The summed E-state index contributed by atoms with van der Waals surface area (Å²) in [4.78, 5) is 14.0. The maximum atomic E-state index is 9.71. The van der Waals surface area contributed by atoms with Crippen LogP contribution in [-0.2, 0) is 4.84 Å². The Labute approximate surface area is 52.1 Å². The highest BCUT2D eigenvalue weighted by atomic mass is 17.0. The largest absolute Gasteiger partial charge is 0.314 e.